The molecule has 100 valence electrons. The summed E-state index contributed by atoms with van der Waals surface area (Å²) in [6.45, 7) is 0.591. The van der Waals surface area contributed by atoms with Crippen LogP contribution in [0.3, 0.4) is 0 Å². The van der Waals surface area contributed by atoms with Gasteiger partial charge in [-0.3, -0.25) is 9.48 Å². The second-order valence-corrected chi connectivity index (χ2v) is 4.18. The fourth-order valence-electron chi connectivity index (χ4n) is 1.73. The zero-order valence-electron chi connectivity index (χ0n) is 10.6. The zero-order chi connectivity index (χ0) is 13.8. The maximum absolute atomic E-state index is 11.3. The first kappa shape index (κ1) is 12.9. The third-order valence-electron chi connectivity index (χ3n) is 2.62. The normalized spacial score (nSPS) is 10.4. The number of nitrogens with one attached hydrogen (secondary N) is 1. The fourth-order valence-corrected chi connectivity index (χ4v) is 1.73. The second kappa shape index (κ2) is 5.38. The lowest BCUT2D eigenvalue weighted by Gasteiger charge is -2.10. The quantitative estimate of drug-likeness (QED) is 0.662. The van der Waals surface area contributed by atoms with Crippen molar-refractivity contribution in [3.05, 3.63) is 35.9 Å². The Labute approximate surface area is 110 Å². The fraction of sp³-hybridized carbons (Fsp3) is 0.250. The number of nitrogens with zero attached hydrogens (tertiary/aromatic N) is 3. The van der Waals surface area contributed by atoms with Crippen molar-refractivity contribution in [2.45, 2.75) is 6.42 Å². The van der Waals surface area contributed by atoms with Gasteiger partial charge in [0, 0.05) is 31.4 Å². The molecule has 1 aromatic carbocycles. The van der Waals surface area contributed by atoms with Crippen LogP contribution in [0, 0.1) is 0 Å². The molecule has 0 bridgehead atoms. The number of amides is 1. The third-order valence-corrected chi connectivity index (χ3v) is 2.62. The van der Waals surface area contributed by atoms with Gasteiger partial charge in [-0.15, -0.1) is 0 Å². The molecular formula is C12H16N6O. The van der Waals surface area contributed by atoms with Crippen molar-refractivity contribution in [1.29, 1.82) is 0 Å². The second-order valence-electron chi connectivity index (χ2n) is 4.18. The van der Waals surface area contributed by atoms with Crippen molar-refractivity contribution < 1.29 is 4.79 Å². The molecule has 2 aromatic rings. The first-order valence-electron chi connectivity index (χ1n) is 5.84. The number of aromatic nitrogens is 3. The van der Waals surface area contributed by atoms with Gasteiger partial charge < -0.3 is 16.8 Å². The molecule has 0 aliphatic heterocycles. The molecule has 0 atom stereocenters. The first-order valence-corrected chi connectivity index (χ1v) is 5.84. The van der Waals surface area contributed by atoms with Crippen LogP contribution in [-0.2, 0) is 13.5 Å². The van der Waals surface area contributed by atoms with E-state index < -0.39 is 5.91 Å². The molecule has 7 nitrogen and oxygen atoms in total. The molecule has 0 saturated heterocycles. The van der Waals surface area contributed by atoms with Crippen LogP contribution in [0.2, 0.25) is 0 Å². The molecule has 1 aromatic heterocycles. The molecule has 0 aliphatic rings. The largest absolute Gasteiger partial charge is 0.399 e. The smallest absolute Gasteiger partial charge is 0.250 e. The molecule has 0 aliphatic carbocycles. The molecule has 0 fully saturated rings. The van der Waals surface area contributed by atoms with Crippen molar-refractivity contribution >= 4 is 17.3 Å². The van der Waals surface area contributed by atoms with Crippen LogP contribution >= 0.6 is 0 Å². The summed E-state index contributed by atoms with van der Waals surface area (Å²) >= 11 is 0. The van der Waals surface area contributed by atoms with E-state index in [1.54, 1.807) is 29.2 Å². The van der Waals surface area contributed by atoms with Crippen LogP contribution < -0.4 is 16.8 Å². The number of nitrogen functional groups attached to an aromatic ring is 1. The molecule has 2 rings (SSSR count). The van der Waals surface area contributed by atoms with Crippen molar-refractivity contribution in [1.82, 2.24) is 14.8 Å². The number of benzene rings is 1. The minimum atomic E-state index is -0.488. The zero-order valence-corrected chi connectivity index (χ0v) is 10.6. The first-order chi connectivity index (χ1) is 9.06. The van der Waals surface area contributed by atoms with E-state index in [-0.39, 0.29) is 0 Å². The Bertz CT molecular complexity index is 592. The summed E-state index contributed by atoms with van der Waals surface area (Å²) in [5, 5.41) is 7.29. The molecule has 0 saturated carbocycles. The van der Waals surface area contributed by atoms with Crippen LogP contribution in [0.4, 0.5) is 11.4 Å². The Morgan fingerprint density at radius 1 is 1.47 bits per heavy atom. The topological polar surface area (TPSA) is 112 Å². The lowest BCUT2D eigenvalue weighted by Crippen LogP contribution is -2.16. The molecule has 7 heteroatoms. The summed E-state index contributed by atoms with van der Waals surface area (Å²) in [6.07, 6.45) is 2.29. The van der Waals surface area contributed by atoms with Crippen LogP contribution in [0.15, 0.2) is 24.5 Å². The average Bonchev–Trinajstić information content (AvgIpc) is 2.75. The van der Waals surface area contributed by atoms with Gasteiger partial charge in [0.25, 0.3) is 5.91 Å². The number of anilines is 2. The van der Waals surface area contributed by atoms with E-state index in [0.717, 1.165) is 5.82 Å². The highest BCUT2D eigenvalue weighted by Gasteiger charge is 2.08. The summed E-state index contributed by atoms with van der Waals surface area (Å²) < 4.78 is 1.64. The number of carbonyl (C=O) groups excluding carboxylic acids is 1. The Morgan fingerprint density at radius 2 is 2.26 bits per heavy atom. The Hall–Kier alpha value is -2.57. The third kappa shape index (κ3) is 3.21. The number of hydrogen-bond donors (Lipinski definition) is 3. The number of hydrogen-bond acceptors (Lipinski definition) is 5. The minimum absolute atomic E-state index is 0.420. The highest BCUT2D eigenvalue weighted by atomic mass is 16.1. The van der Waals surface area contributed by atoms with E-state index in [9.17, 15) is 4.79 Å². The van der Waals surface area contributed by atoms with E-state index in [4.69, 9.17) is 11.5 Å². The number of nitrogens with two attached hydrogens (primary N) is 2. The predicted molar refractivity (Wildman–Crippen MR) is 72.6 cm³/mol. The molecular weight excluding hydrogens is 244 g/mol. The van der Waals surface area contributed by atoms with Gasteiger partial charge in [-0.05, 0) is 18.2 Å². The van der Waals surface area contributed by atoms with Crippen molar-refractivity contribution in [3.63, 3.8) is 0 Å². The maximum atomic E-state index is 11.3. The molecule has 1 heterocycles. The summed E-state index contributed by atoms with van der Waals surface area (Å²) in [6, 6.07) is 4.94. The Kier molecular flexibility index (Phi) is 3.65. The van der Waals surface area contributed by atoms with Crippen LogP contribution in [0.25, 0.3) is 0 Å². The van der Waals surface area contributed by atoms with Gasteiger partial charge >= 0.3 is 0 Å². The standard InChI is InChI=1S/C12H16N6O/c1-18-7-16-11(17-18)4-5-15-10-6-8(13)2-3-9(10)12(14)19/h2-3,6-7,15H,4-5,13H2,1H3,(H2,14,19). The minimum Gasteiger partial charge on any atom is -0.399 e. The summed E-state index contributed by atoms with van der Waals surface area (Å²) in [7, 11) is 1.81. The van der Waals surface area contributed by atoms with Gasteiger partial charge in [-0.25, -0.2) is 4.98 Å². The summed E-state index contributed by atoms with van der Waals surface area (Å²) in [4.78, 5) is 15.4. The number of carbonyl (C=O) groups is 1. The van der Waals surface area contributed by atoms with E-state index in [2.05, 4.69) is 15.4 Å². The number of rotatable bonds is 5. The number of primary amides is 1. The average molecular weight is 260 g/mol. The van der Waals surface area contributed by atoms with E-state index >= 15 is 0 Å². The molecule has 1 amide bonds. The number of aryl methyl sites for hydroxylation is 1. The highest BCUT2D eigenvalue weighted by molar-refractivity contribution is 5.99. The van der Waals surface area contributed by atoms with Crippen molar-refractivity contribution in [2.24, 2.45) is 12.8 Å². The SMILES string of the molecule is Cn1cnc(CCNc2cc(N)ccc2C(N)=O)n1. The van der Waals surface area contributed by atoms with Gasteiger partial charge in [0.1, 0.15) is 6.33 Å². The summed E-state index contributed by atoms with van der Waals surface area (Å²) in [5.41, 5.74) is 12.6. The summed E-state index contributed by atoms with van der Waals surface area (Å²) in [5.74, 6) is 0.248. The van der Waals surface area contributed by atoms with Gasteiger partial charge in [0.05, 0.1) is 5.56 Å². The van der Waals surface area contributed by atoms with Crippen molar-refractivity contribution in [3.8, 4) is 0 Å². The van der Waals surface area contributed by atoms with Gasteiger partial charge in [-0.2, -0.15) is 5.10 Å². The van der Waals surface area contributed by atoms with Crippen LogP contribution in [0.5, 0.6) is 0 Å². The predicted octanol–water partition coefficient (Wildman–Crippen LogP) is 0.151. The molecule has 5 N–H and O–H groups in total. The Balaban J connectivity index is 2.02. The highest BCUT2D eigenvalue weighted by Crippen LogP contribution is 2.18. The van der Waals surface area contributed by atoms with Gasteiger partial charge in [0.15, 0.2) is 5.82 Å². The monoisotopic (exact) mass is 260 g/mol. The van der Waals surface area contributed by atoms with Gasteiger partial charge in [-0.1, -0.05) is 0 Å². The van der Waals surface area contributed by atoms with E-state index in [1.807, 2.05) is 7.05 Å². The molecule has 0 radical (unpaired) electrons. The maximum Gasteiger partial charge on any atom is 0.250 e. The Morgan fingerprint density at radius 3 is 2.89 bits per heavy atom. The van der Waals surface area contributed by atoms with E-state index in [0.29, 0.717) is 29.9 Å². The van der Waals surface area contributed by atoms with Crippen LogP contribution in [-0.4, -0.2) is 27.2 Å². The van der Waals surface area contributed by atoms with E-state index in [1.165, 1.54) is 0 Å². The molecule has 0 unspecified atom stereocenters. The van der Waals surface area contributed by atoms with Crippen LogP contribution in [0.1, 0.15) is 16.2 Å². The lowest BCUT2D eigenvalue weighted by molar-refractivity contribution is 0.100. The lowest BCUT2D eigenvalue weighted by atomic mass is 10.1. The van der Waals surface area contributed by atoms with Crippen molar-refractivity contribution in [2.75, 3.05) is 17.6 Å². The molecule has 19 heavy (non-hydrogen) atoms. The molecule has 0 spiro atoms. The van der Waals surface area contributed by atoms with Gasteiger partial charge in [0.2, 0.25) is 0 Å².